The Bertz CT molecular complexity index is 1500. The Morgan fingerprint density at radius 1 is 0.884 bits per heavy atom. The summed E-state index contributed by atoms with van der Waals surface area (Å²) < 4.78 is 45.6. The summed E-state index contributed by atoms with van der Waals surface area (Å²) in [6.45, 7) is 3.55. The molecule has 0 heterocycles. The van der Waals surface area contributed by atoms with Gasteiger partial charge in [0.25, 0.3) is 10.0 Å². The first-order valence-electron chi connectivity index (χ1n) is 13.8. The molecule has 0 aliphatic rings. The molecular weight excluding hydrogens is 594 g/mol. The SMILES string of the molecule is CCNC(=O)C(CC)N(CCc1ccccc1)C(=O)CN(c1cc(Cl)ccc1OC)S(=O)(=O)c1ccc(OC)c(OC)c1. The molecule has 0 spiro atoms. The van der Waals surface area contributed by atoms with Gasteiger partial charge in [0.15, 0.2) is 11.5 Å². The third-order valence-electron chi connectivity index (χ3n) is 6.85. The molecular formula is C31H38ClN3O7S. The maximum absolute atomic E-state index is 14.3. The monoisotopic (exact) mass is 631 g/mol. The van der Waals surface area contributed by atoms with E-state index in [9.17, 15) is 18.0 Å². The molecule has 10 nitrogen and oxygen atoms in total. The lowest BCUT2D eigenvalue weighted by atomic mass is 10.1. The topological polar surface area (TPSA) is 114 Å². The van der Waals surface area contributed by atoms with E-state index in [4.69, 9.17) is 25.8 Å². The summed E-state index contributed by atoms with van der Waals surface area (Å²) in [5.74, 6) is -0.169. The second-order valence-corrected chi connectivity index (χ2v) is 11.8. The molecule has 0 aliphatic heterocycles. The predicted molar refractivity (Wildman–Crippen MR) is 167 cm³/mol. The Morgan fingerprint density at radius 2 is 1.53 bits per heavy atom. The highest BCUT2D eigenvalue weighted by Crippen LogP contribution is 2.37. The third-order valence-corrected chi connectivity index (χ3v) is 8.84. The molecule has 12 heteroatoms. The van der Waals surface area contributed by atoms with Crippen molar-refractivity contribution < 1.29 is 32.2 Å². The van der Waals surface area contributed by atoms with E-state index in [2.05, 4.69) is 5.32 Å². The molecule has 0 aromatic heterocycles. The van der Waals surface area contributed by atoms with Crippen LogP contribution in [0.4, 0.5) is 5.69 Å². The van der Waals surface area contributed by atoms with Crippen LogP contribution in [0.2, 0.25) is 5.02 Å². The Labute approximate surface area is 258 Å². The lowest BCUT2D eigenvalue weighted by molar-refractivity contribution is -0.139. The zero-order valence-corrected chi connectivity index (χ0v) is 26.6. The maximum atomic E-state index is 14.3. The molecule has 3 aromatic carbocycles. The lowest BCUT2D eigenvalue weighted by Crippen LogP contribution is -2.53. The fourth-order valence-corrected chi connectivity index (χ4v) is 6.26. The van der Waals surface area contributed by atoms with Gasteiger partial charge in [0.05, 0.1) is 31.9 Å². The van der Waals surface area contributed by atoms with Crippen LogP contribution in [-0.2, 0) is 26.0 Å². The van der Waals surface area contributed by atoms with Crippen molar-refractivity contribution in [2.75, 3.05) is 45.3 Å². The van der Waals surface area contributed by atoms with E-state index in [0.29, 0.717) is 25.1 Å². The minimum atomic E-state index is -4.41. The predicted octanol–water partition coefficient (Wildman–Crippen LogP) is 4.55. The first-order chi connectivity index (χ1) is 20.6. The summed E-state index contributed by atoms with van der Waals surface area (Å²) in [5.41, 5.74) is 1.03. The van der Waals surface area contributed by atoms with Gasteiger partial charge in [-0.3, -0.25) is 13.9 Å². The van der Waals surface area contributed by atoms with E-state index < -0.39 is 28.5 Å². The van der Waals surface area contributed by atoms with E-state index in [1.54, 1.807) is 19.9 Å². The highest BCUT2D eigenvalue weighted by atomic mass is 35.5. The highest BCUT2D eigenvalue weighted by molar-refractivity contribution is 7.92. The average Bonchev–Trinajstić information content (AvgIpc) is 3.01. The normalized spacial score (nSPS) is 11.8. The van der Waals surface area contributed by atoms with Crippen LogP contribution in [0.15, 0.2) is 71.6 Å². The largest absolute Gasteiger partial charge is 0.495 e. The number of amides is 2. The van der Waals surface area contributed by atoms with Gasteiger partial charge in [0.1, 0.15) is 18.3 Å². The van der Waals surface area contributed by atoms with Crippen molar-refractivity contribution in [3.63, 3.8) is 0 Å². The Balaban J connectivity index is 2.12. The zero-order valence-electron chi connectivity index (χ0n) is 25.0. The summed E-state index contributed by atoms with van der Waals surface area (Å²) in [4.78, 5) is 28.5. The second-order valence-electron chi connectivity index (χ2n) is 9.49. The summed E-state index contributed by atoms with van der Waals surface area (Å²) >= 11 is 6.31. The first-order valence-corrected chi connectivity index (χ1v) is 15.6. The Hall–Kier alpha value is -3.96. The maximum Gasteiger partial charge on any atom is 0.265 e. The average molecular weight is 632 g/mol. The van der Waals surface area contributed by atoms with Crippen molar-refractivity contribution >= 4 is 39.1 Å². The van der Waals surface area contributed by atoms with Crippen LogP contribution in [0.25, 0.3) is 0 Å². The molecule has 232 valence electrons. The van der Waals surface area contributed by atoms with Gasteiger partial charge in [0.2, 0.25) is 11.8 Å². The molecule has 2 amide bonds. The lowest BCUT2D eigenvalue weighted by Gasteiger charge is -2.33. The minimum Gasteiger partial charge on any atom is -0.495 e. The zero-order chi connectivity index (χ0) is 31.6. The van der Waals surface area contributed by atoms with Gasteiger partial charge in [-0.2, -0.15) is 0 Å². The molecule has 0 saturated heterocycles. The molecule has 3 rings (SSSR count). The van der Waals surface area contributed by atoms with E-state index in [-0.39, 0.29) is 39.6 Å². The molecule has 0 aliphatic carbocycles. The molecule has 1 unspecified atom stereocenters. The first kappa shape index (κ1) is 33.5. The van der Waals surface area contributed by atoms with Crippen molar-refractivity contribution in [2.24, 2.45) is 0 Å². The standard InChI is InChI=1S/C31H38ClN3O7S/c1-6-25(31(37)33-7-2)34(18-17-22-11-9-8-10-12-22)30(36)21-35(26-19-23(32)13-15-27(26)40-3)43(38,39)24-14-16-28(41-4)29(20-24)42-5/h8-16,19-20,25H,6-7,17-18,21H2,1-5H3,(H,33,37). The Morgan fingerprint density at radius 3 is 2.14 bits per heavy atom. The third kappa shape index (κ3) is 8.11. The van der Waals surface area contributed by atoms with E-state index in [0.717, 1.165) is 9.87 Å². The van der Waals surface area contributed by atoms with Gasteiger partial charge in [0, 0.05) is 24.2 Å². The van der Waals surface area contributed by atoms with Gasteiger partial charge in [-0.05, 0) is 55.7 Å². The Kier molecular flexibility index (Phi) is 12.1. The van der Waals surface area contributed by atoms with Crippen LogP contribution in [0.5, 0.6) is 17.2 Å². The number of nitrogens with zero attached hydrogens (tertiary/aromatic N) is 2. The van der Waals surface area contributed by atoms with Crippen LogP contribution < -0.4 is 23.8 Å². The van der Waals surface area contributed by atoms with Crippen molar-refractivity contribution in [3.8, 4) is 17.2 Å². The van der Waals surface area contributed by atoms with Gasteiger partial charge in [-0.1, -0.05) is 48.9 Å². The number of likely N-dealkylation sites (N-methyl/N-ethyl adjacent to an activating group) is 1. The summed E-state index contributed by atoms with van der Waals surface area (Å²) in [7, 11) is -0.179. The number of nitrogens with one attached hydrogen (secondary N) is 1. The molecule has 0 bridgehead atoms. The van der Waals surface area contributed by atoms with Crippen molar-refractivity contribution in [1.82, 2.24) is 10.2 Å². The number of hydrogen-bond donors (Lipinski definition) is 1. The van der Waals surface area contributed by atoms with Gasteiger partial charge >= 0.3 is 0 Å². The van der Waals surface area contributed by atoms with E-state index in [1.165, 1.54) is 56.6 Å². The van der Waals surface area contributed by atoms with Crippen LogP contribution in [0, 0.1) is 0 Å². The quantitative estimate of drug-likeness (QED) is 0.262. The number of ether oxygens (including phenoxy) is 3. The molecule has 0 fully saturated rings. The number of hydrogen-bond acceptors (Lipinski definition) is 7. The minimum absolute atomic E-state index is 0.0622. The van der Waals surface area contributed by atoms with Crippen molar-refractivity contribution in [3.05, 3.63) is 77.3 Å². The van der Waals surface area contributed by atoms with Gasteiger partial charge in [-0.25, -0.2) is 8.42 Å². The molecule has 3 aromatic rings. The number of anilines is 1. The fourth-order valence-electron chi connectivity index (χ4n) is 4.66. The van der Waals surface area contributed by atoms with Crippen LogP contribution >= 0.6 is 11.6 Å². The molecule has 43 heavy (non-hydrogen) atoms. The number of carbonyl (C=O) groups is 2. The van der Waals surface area contributed by atoms with Crippen molar-refractivity contribution in [2.45, 2.75) is 37.6 Å². The van der Waals surface area contributed by atoms with Gasteiger partial charge < -0.3 is 24.4 Å². The molecule has 0 saturated carbocycles. The van der Waals surface area contributed by atoms with Gasteiger partial charge in [-0.15, -0.1) is 0 Å². The van der Waals surface area contributed by atoms with Crippen LogP contribution in [0.3, 0.4) is 0 Å². The van der Waals surface area contributed by atoms with Crippen molar-refractivity contribution in [1.29, 1.82) is 0 Å². The number of sulfonamides is 1. The number of methoxy groups -OCH3 is 3. The molecule has 1 atom stereocenters. The van der Waals surface area contributed by atoms with E-state index in [1.807, 2.05) is 30.3 Å². The fraction of sp³-hybridized carbons (Fsp3) is 0.355. The summed E-state index contributed by atoms with van der Waals surface area (Å²) in [6, 6.07) is 17.4. The smallest absolute Gasteiger partial charge is 0.265 e. The van der Waals surface area contributed by atoms with Crippen LogP contribution in [-0.4, -0.2) is 72.1 Å². The summed E-state index contributed by atoms with van der Waals surface area (Å²) in [5, 5.41) is 3.03. The number of halogens is 1. The second kappa shape index (κ2) is 15.5. The number of benzene rings is 3. The molecule has 0 radical (unpaired) electrons. The van der Waals surface area contributed by atoms with E-state index >= 15 is 0 Å². The number of rotatable bonds is 15. The highest BCUT2D eigenvalue weighted by Gasteiger charge is 2.35. The molecule has 1 N–H and O–H groups in total. The van der Waals surface area contributed by atoms with Crippen LogP contribution in [0.1, 0.15) is 25.8 Å². The number of carbonyl (C=O) groups excluding carboxylic acids is 2. The summed E-state index contributed by atoms with van der Waals surface area (Å²) in [6.07, 6.45) is 0.792.